The minimum Gasteiger partial charge on any atom is -0.369 e. The predicted molar refractivity (Wildman–Crippen MR) is 141 cm³/mol. The van der Waals surface area contributed by atoms with Crippen LogP contribution in [0.25, 0.3) is 11.4 Å². The zero-order valence-corrected chi connectivity index (χ0v) is 21.3. The molecule has 5 heterocycles. The third-order valence-corrected chi connectivity index (χ3v) is 8.13. The summed E-state index contributed by atoms with van der Waals surface area (Å²) in [6, 6.07) is 4.89. The lowest BCUT2D eigenvalue weighted by atomic mass is 9.85. The van der Waals surface area contributed by atoms with Crippen LogP contribution in [0.15, 0.2) is 36.9 Å². The predicted octanol–water partition coefficient (Wildman–Crippen LogP) is 3.70. The Hall–Kier alpha value is -3.07. The second-order valence-electron chi connectivity index (χ2n) is 10.6. The van der Waals surface area contributed by atoms with Crippen LogP contribution in [0.2, 0.25) is 0 Å². The van der Waals surface area contributed by atoms with Crippen LogP contribution in [0.3, 0.4) is 0 Å². The topological polar surface area (TPSA) is 87.9 Å². The summed E-state index contributed by atoms with van der Waals surface area (Å²) in [7, 11) is 0. The van der Waals surface area contributed by atoms with Gasteiger partial charge in [0.1, 0.15) is 17.2 Å². The highest BCUT2D eigenvalue weighted by Gasteiger charge is 2.24. The summed E-state index contributed by atoms with van der Waals surface area (Å²) in [5.74, 6) is 1.82. The molecule has 2 saturated heterocycles. The van der Waals surface area contributed by atoms with Crippen molar-refractivity contribution in [3.8, 4) is 11.4 Å². The van der Waals surface area contributed by atoms with Crippen LogP contribution in [0.5, 0.6) is 0 Å². The first-order valence-corrected chi connectivity index (χ1v) is 13.7. The van der Waals surface area contributed by atoms with Gasteiger partial charge in [0, 0.05) is 32.2 Å². The number of pyridine rings is 1. The van der Waals surface area contributed by atoms with E-state index < -0.39 is 0 Å². The minimum absolute atomic E-state index is 0.0201. The number of piperidine rings is 1. The van der Waals surface area contributed by atoms with Crippen LogP contribution in [0, 0.1) is 5.92 Å². The molecule has 3 fully saturated rings. The van der Waals surface area contributed by atoms with Crippen LogP contribution >= 0.6 is 0 Å². The number of hydrogen-bond donors (Lipinski definition) is 1. The summed E-state index contributed by atoms with van der Waals surface area (Å²) in [4.78, 5) is 18.8. The van der Waals surface area contributed by atoms with Gasteiger partial charge in [-0.25, -0.2) is 9.67 Å². The summed E-state index contributed by atoms with van der Waals surface area (Å²) in [5.41, 5.74) is 3.67. The molecule has 3 aliphatic rings. The molecule has 1 saturated carbocycles. The highest BCUT2D eigenvalue weighted by molar-refractivity contribution is 5.54. The van der Waals surface area contributed by atoms with Gasteiger partial charge in [-0.3, -0.25) is 9.97 Å². The highest BCUT2D eigenvalue weighted by Crippen LogP contribution is 2.27. The molecule has 0 amide bonds. The largest absolute Gasteiger partial charge is 0.369 e. The molecule has 2 atom stereocenters. The molecule has 0 radical (unpaired) electrons. The van der Waals surface area contributed by atoms with Crippen LogP contribution < -0.4 is 15.1 Å². The Balaban J connectivity index is 1.09. The summed E-state index contributed by atoms with van der Waals surface area (Å²) in [6.07, 6.45) is 16.7. The smallest absolute Gasteiger partial charge is 0.147 e. The van der Waals surface area contributed by atoms with Crippen molar-refractivity contribution in [1.29, 1.82) is 0 Å². The maximum Gasteiger partial charge on any atom is 0.147 e. The summed E-state index contributed by atoms with van der Waals surface area (Å²) < 4.78 is 1.86. The number of rotatable bonds is 8. The molecule has 3 aromatic rings. The fraction of sp³-hybridized carbons (Fsp3) is 0.593. The zero-order valence-electron chi connectivity index (χ0n) is 21.3. The Kier molecular flexibility index (Phi) is 6.81. The Bertz CT molecular complexity index is 1130. The van der Waals surface area contributed by atoms with Crippen molar-refractivity contribution < 1.29 is 0 Å². The highest BCUT2D eigenvalue weighted by atomic mass is 15.4. The van der Waals surface area contributed by atoms with Crippen LogP contribution in [-0.2, 0) is 0 Å². The maximum absolute atomic E-state index is 4.81. The van der Waals surface area contributed by atoms with Gasteiger partial charge in [-0.15, -0.1) is 5.10 Å². The van der Waals surface area contributed by atoms with Crippen molar-refractivity contribution in [2.75, 3.05) is 42.5 Å². The quantitative estimate of drug-likeness (QED) is 0.515. The first-order chi connectivity index (χ1) is 17.7. The fourth-order valence-corrected chi connectivity index (χ4v) is 5.54. The normalized spacial score (nSPS) is 21.5. The van der Waals surface area contributed by atoms with E-state index in [1.807, 2.05) is 23.3 Å². The minimum atomic E-state index is -0.0201. The van der Waals surface area contributed by atoms with E-state index in [0.717, 1.165) is 55.0 Å². The van der Waals surface area contributed by atoms with Gasteiger partial charge < -0.3 is 15.1 Å². The molecule has 1 N–H and O–H groups in total. The molecule has 190 valence electrons. The lowest BCUT2D eigenvalue weighted by Crippen LogP contribution is -2.47. The van der Waals surface area contributed by atoms with Gasteiger partial charge >= 0.3 is 0 Å². The van der Waals surface area contributed by atoms with Crippen LogP contribution in [-0.4, -0.2) is 68.7 Å². The number of nitrogens with zero attached hydrogens (tertiary/aromatic N) is 8. The molecule has 0 bridgehead atoms. The lowest BCUT2D eigenvalue weighted by Gasteiger charge is -2.36. The lowest BCUT2D eigenvalue weighted by molar-refractivity contribution is 0.280. The second-order valence-corrected chi connectivity index (χ2v) is 10.6. The van der Waals surface area contributed by atoms with E-state index in [-0.39, 0.29) is 6.04 Å². The summed E-state index contributed by atoms with van der Waals surface area (Å²) >= 11 is 0. The van der Waals surface area contributed by atoms with E-state index in [1.54, 1.807) is 6.20 Å². The fourth-order valence-electron chi connectivity index (χ4n) is 5.54. The van der Waals surface area contributed by atoms with Crippen molar-refractivity contribution in [2.45, 2.75) is 64.0 Å². The monoisotopic (exact) mass is 487 g/mol. The Morgan fingerprint density at radius 2 is 1.81 bits per heavy atom. The number of nitrogens with one attached hydrogen (secondary N) is 1. The number of aromatic nitrogens is 6. The van der Waals surface area contributed by atoms with Crippen molar-refractivity contribution in [1.82, 2.24) is 35.3 Å². The molecule has 0 aromatic carbocycles. The van der Waals surface area contributed by atoms with E-state index in [4.69, 9.17) is 9.97 Å². The third-order valence-electron chi connectivity index (χ3n) is 8.13. The molecule has 1 unspecified atom stereocenters. The van der Waals surface area contributed by atoms with Crippen LogP contribution in [0.1, 0.15) is 63.6 Å². The van der Waals surface area contributed by atoms with E-state index in [1.165, 1.54) is 57.2 Å². The molecular weight excluding hydrogens is 450 g/mol. The first kappa shape index (κ1) is 23.3. The van der Waals surface area contributed by atoms with Gasteiger partial charge in [0.2, 0.25) is 0 Å². The second kappa shape index (κ2) is 10.5. The number of anilines is 2. The Morgan fingerprint density at radius 1 is 0.944 bits per heavy atom. The van der Waals surface area contributed by atoms with Crippen molar-refractivity contribution in [2.24, 2.45) is 5.92 Å². The average Bonchev–Trinajstić information content (AvgIpc) is 3.61. The molecule has 6 rings (SSSR count). The standard InChI is InChI=1S/C27H37N9/c1-20(36-19-26(32-33-36)25-16-28-17-27(31-25)34-11-2-3-12-34)24-10-9-23(15-30-24)35-13-5-8-22(18-35)29-14-21-6-4-7-21/h9-10,15-17,19-22,29H,2-8,11-14,18H2,1H3/t20?,22-/m1/s1. The zero-order chi connectivity index (χ0) is 24.3. The van der Waals surface area contributed by atoms with Gasteiger partial charge in [-0.1, -0.05) is 11.6 Å². The summed E-state index contributed by atoms with van der Waals surface area (Å²) in [6.45, 7) is 7.53. The summed E-state index contributed by atoms with van der Waals surface area (Å²) in [5, 5.41) is 12.6. The number of hydrogen-bond acceptors (Lipinski definition) is 8. The van der Waals surface area contributed by atoms with Crippen molar-refractivity contribution >= 4 is 11.5 Å². The molecule has 2 aliphatic heterocycles. The van der Waals surface area contributed by atoms with Gasteiger partial charge in [-0.05, 0) is 70.0 Å². The van der Waals surface area contributed by atoms with E-state index in [2.05, 4.69) is 49.5 Å². The van der Waals surface area contributed by atoms with Crippen molar-refractivity contribution in [3.63, 3.8) is 0 Å². The van der Waals surface area contributed by atoms with Crippen LogP contribution in [0.4, 0.5) is 11.5 Å². The van der Waals surface area contributed by atoms with E-state index in [0.29, 0.717) is 6.04 Å². The van der Waals surface area contributed by atoms with Gasteiger partial charge in [0.15, 0.2) is 0 Å². The SMILES string of the molecule is CC(c1ccc(N2CCC[C@@H](NCC3CCC3)C2)cn1)n1cc(-c2cncc(N3CCCC3)n2)nn1. The first-order valence-electron chi connectivity index (χ1n) is 13.7. The molecule has 1 aliphatic carbocycles. The van der Waals surface area contributed by atoms with E-state index in [9.17, 15) is 0 Å². The molecular formula is C27H37N9. The van der Waals surface area contributed by atoms with E-state index >= 15 is 0 Å². The Morgan fingerprint density at radius 3 is 2.58 bits per heavy atom. The third kappa shape index (κ3) is 5.07. The molecule has 9 heteroatoms. The molecule has 36 heavy (non-hydrogen) atoms. The maximum atomic E-state index is 4.81. The van der Waals surface area contributed by atoms with Crippen molar-refractivity contribution in [3.05, 3.63) is 42.6 Å². The van der Waals surface area contributed by atoms with Gasteiger partial charge in [-0.2, -0.15) is 0 Å². The van der Waals surface area contributed by atoms with Gasteiger partial charge in [0.05, 0.1) is 42.2 Å². The average molecular weight is 488 g/mol. The molecule has 9 nitrogen and oxygen atoms in total. The Labute approximate surface area is 213 Å². The van der Waals surface area contributed by atoms with Gasteiger partial charge in [0.25, 0.3) is 0 Å². The molecule has 0 spiro atoms. The molecule has 3 aromatic heterocycles.